The quantitative estimate of drug-likeness (QED) is 0.542. The van der Waals surface area contributed by atoms with Gasteiger partial charge in [-0.1, -0.05) is 24.6 Å². The summed E-state index contributed by atoms with van der Waals surface area (Å²) in [4.78, 5) is 10.6. The SMILES string of the molecule is CCC(Oc1ccc(Nc2cc(Nc3ccc(C)cc3)ncn2)cc1)N(C)C. The Kier molecular flexibility index (Phi) is 6.45. The van der Waals surface area contributed by atoms with Crippen molar-refractivity contribution in [1.29, 1.82) is 0 Å². The Labute approximate surface area is 166 Å². The van der Waals surface area contributed by atoms with Crippen LogP contribution in [-0.4, -0.2) is 35.2 Å². The average Bonchev–Trinajstić information content (AvgIpc) is 2.69. The maximum Gasteiger partial charge on any atom is 0.151 e. The van der Waals surface area contributed by atoms with Gasteiger partial charge in [-0.15, -0.1) is 0 Å². The lowest BCUT2D eigenvalue weighted by atomic mass is 10.2. The number of aryl methyl sites for hydroxylation is 1. The van der Waals surface area contributed by atoms with Gasteiger partial charge in [0.15, 0.2) is 6.23 Å². The minimum Gasteiger partial charge on any atom is -0.475 e. The van der Waals surface area contributed by atoms with E-state index in [4.69, 9.17) is 4.74 Å². The Morgan fingerprint density at radius 1 is 0.893 bits per heavy atom. The van der Waals surface area contributed by atoms with Crippen LogP contribution in [0.2, 0.25) is 0 Å². The van der Waals surface area contributed by atoms with Gasteiger partial charge >= 0.3 is 0 Å². The van der Waals surface area contributed by atoms with Crippen LogP contribution in [0.1, 0.15) is 18.9 Å². The molecule has 3 aromatic rings. The van der Waals surface area contributed by atoms with Crippen LogP contribution in [0, 0.1) is 6.92 Å². The molecule has 0 aliphatic rings. The van der Waals surface area contributed by atoms with E-state index in [1.54, 1.807) is 6.33 Å². The molecule has 1 atom stereocenters. The maximum absolute atomic E-state index is 5.99. The molecule has 0 fully saturated rings. The van der Waals surface area contributed by atoms with Gasteiger partial charge in [-0.25, -0.2) is 9.97 Å². The van der Waals surface area contributed by atoms with Gasteiger partial charge in [0.2, 0.25) is 0 Å². The molecule has 0 saturated heterocycles. The largest absolute Gasteiger partial charge is 0.475 e. The summed E-state index contributed by atoms with van der Waals surface area (Å²) in [6.07, 6.45) is 2.53. The molecule has 28 heavy (non-hydrogen) atoms. The highest BCUT2D eigenvalue weighted by Gasteiger charge is 2.10. The van der Waals surface area contributed by atoms with Gasteiger partial charge < -0.3 is 15.4 Å². The second-order valence-corrected chi connectivity index (χ2v) is 6.87. The van der Waals surface area contributed by atoms with Crippen molar-refractivity contribution in [2.45, 2.75) is 26.5 Å². The predicted molar refractivity (Wildman–Crippen MR) is 115 cm³/mol. The van der Waals surface area contributed by atoms with Gasteiger partial charge in [-0.05, 0) is 63.8 Å². The van der Waals surface area contributed by atoms with Crippen LogP contribution in [0.4, 0.5) is 23.0 Å². The number of hydrogen-bond donors (Lipinski definition) is 2. The van der Waals surface area contributed by atoms with Crippen LogP contribution < -0.4 is 15.4 Å². The van der Waals surface area contributed by atoms with E-state index in [0.717, 1.165) is 35.2 Å². The van der Waals surface area contributed by atoms with Crippen LogP contribution >= 0.6 is 0 Å². The van der Waals surface area contributed by atoms with Crippen LogP contribution in [0.5, 0.6) is 5.75 Å². The highest BCUT2D eigenvalue weighted by Crippen LogP contribution is 2.22. The molecule has 1 heterocycles. The first-order valence-corrected chi connectivity index (χ1v) is 9.39. The molecule has 0 aliphatic heterocycles. The number of nitrogens with zero attached hydrogens (tertiary/aromatic N) is 3. The van der Waals surface area contributed by atoms with E-state index in [0.29, 0.717) is 0 Å². The summed E-state index contributed by atoms with van der Waals surface area (Å²) in [5.74, 6) is 2.30. The van der Waals surface area contributed by atoms with Crippen LogP contribution in [-0.2, 0) is 0 Å². The lowest BCUT2D eigenvalue weighted by molar-refractivity contribution is 0.0613. The number of rotatable bonds is 8. The van der Waals surface area contributed by atoms with Crippen molar-refractivity contribution in [2.24, 2.45) is 0 Å². The number of anilines is 4. The molecule has 3 rings (SSSR count). The van der Waals surface area contributed by atoms with Gasteiger partial charge in [-0.2, -0.15) is 0 Å². The van der Waals surface area contributed by atoms with Gasteiger partial charge in [0.1, 0.15) is 23.7 Å². The second kappa shape index (κ2) is 9.19. The fourth-order valence-corrected chi connectivity index (χ4v) is 2.75. The molecule has 2 aromatic carbocycles. The van der Waals surface area contributed by atoms with Gasteiger partial charge in [0, 0.05) is 17.4 Å². The lowest BCUT2D eigenvalue weighted by Gasteiger charge is -2.24. The second-order valence-electron chi connectivity index (χ2n) is 6.87. The van der Waals surface area contributed by atoms with E-state index in [1.165, 1.54) is 5.56 Å². The molecule has 0 spiro atoms. The Morgan fingerprint density at radius 3 is 1.93 bits per heavy atom. The summed E-state index contributed by atoms with van der Waals surface area (Å²) in [5.41, 5.74) is 3.15. The van der Waals surface area contributed by atoms with E-state index in [9.17, 15) is 0 Å². The number of ether oxygens (including phenoxy) is 1. The zero-order valence-corrected chi connectivity index (χ0v) is 16.8. The molecule has 6 nitrogen and oxygen atoms in total. The predicted octanol–water partition coefficient (Wildman–Crippen LogP) is 4.95. The van der Waals surface area contributed by atoms with E-state index < -0.39 is 0 Å². The third kappa shape index (κ3) is 5.44. The maximum atomic E-state index is 5.99. The highest BCUT2D eigenvalue weighted by molar-refractivity contribution is 5.63. The van der Waals surface area contributed by atoms with Crippen LogP contribution in [0.25, 0.3) is 0 Å². The summed E-state index contributed by atoms with van der Waals surface area (Å²) in [7, 11) is 4.03. The van der Waals surface area contributed by atoms with E-state index in [1.807, 2.05) is 56.6 Å². The molecular weight excluding hydrogens is 350 g/mol. The molecule has 0 radical (unpaired) electrons. The van der Waals surface area contributed by atoms with Crippen LogP contribution in [0.3, 0.4) is 0 Å². The van der Waals surface area contributed by atoms with Crippen molar-refractivity contribution < 1.29 is 4.74 Å². The van der Waals surface area contributed by atoms with E-state index >= 15 is 0 Å². The average molecular weight is 377 g/mol. The smallest absolute Gasteiger partial charge is 0.151 e. The molecule has 0 aliphatic carbocycles. The van der Waals surface area contributed by atoms with E-state index in [-0.39, 0.29) is 6.23 Å². The first kappa shape index (κ1) is 19.6. The number of benzene rings is 2. The Morgan fingerprint density at radius 2 is 1.43 bits per heavy atom. The number of aromatic nitrogens is 2. The van der Waals surface area contributed by atoms with Gasteiger partial charge in [0.05, 0.1) is 0 Å². The van der Waals surface area contributed by atoms with Crippen molar-refractivity contribution in [3.63, 3.8) is 0 Å². The Balaban J connectivity index is 1.64. The zero-order chi connectivity index (χ0) is 19.9. The van der Waals surface area contributed by atoms with Crippen molar-refractivity contribution in [2.75, 3.05) is 24.7 Å². The van der Waals surface area contributed by atoms with Crippen molar-refractivity contribution in [3.8, 4) is 5.75 Å². The monoisotopic (exact) mass is 377 g/mol. The Hall–Kier alpha value is -3.12. The summed E-state index contributed by atoms with van der Waals surface area (Å²) >= 11 is 0. The highest BCUT2D eigenvalue weighted by atomic mass is 16.5. The Bertz CT molecular complexity index is 878. The number of nitrogens with one attached hydrogen (secondary N) is 2. The fraction of sp³-hybridized carbons (Fsp3) is 0.273. The molecule has 1 aromatic heterocycles. The molecular formula is C22H27N5O. The van der Waals surface area contributed by atoms with E-state index in [2.05, 4.69) is 51.5 Å². The lowest BCUT2D eigenvalue weighted by Crippen LogP contribution is -2.32. The summed E-state index contributed by atoms with van der Waals surface area (Å²) in [6, 6.07) is 17.9. The molecule has 6 heteroatoms. The third-order valence-corrected chi connectivity index (χ3v) is 4.32. The van der Waals surface area contributed by atoms with Crippen molar-refractivity contribution >= 4 is 23.0 Å². The zero-order valence-electron chi connectivity index (χ0n) is 16.8. The standard InChI is InChI=1S/C22H27N5O/c1-5-22(27(3)4)28-19-12-10-18(11-13-19)26-21-14-20(23-15-24-21)25-17-8-6-16(2)7-9-17/h6-15,22H,5H2,1-4H3,(H2,23,24,25,26). The summed E-state index contributed by atoms with van der Waals surface area (Å²) in [5, 5.41) is 6.59. The van der Waals surface area contributed by atoms with Crippen LogP contribution in [0.15, 0.2) is 60.9 Å². The summed E-state index contributed by atoms with van der Waals surface area (Å²) in [6.45, 7) is 4.17. The first-order chi connectivity index (χ1) is 13.5. The molecule has 0 saturated carbocycles. The molecule has 0 amide bonds. The minimum absolute atomic E-state index is 0.0658. The van der Waals surface area contributed by atoms with Crippen molar-refractivity contribution in [1.82, 2.24) is 14.9 Å². The molecule has 0 bridgehead atoms. The molecule has 146 valence electrons. The van der Waals surface area contributed by atoms with Gasteiger partial charge in [0.25, 0.3) is 0 Å². The van der Waals surface area contributed by atoms with Crippen molar-refractivity contribution in [3.05, 3.63) is 66.5 Å². The normalized spacial score (nSPS) is 11.9. The van der Waals surface area contributed by atoms with Gasteiger partial charge in [-0.3, -0.25) is 4.90 Å². The summed E-state index contributed by atoms with van der Waals surface area (Å²) < 4.78 is 5.99. The number of hydrogen-bond acceptors (Lipinski definition) is 6. The third-order valence-electron chi connectivity index (χ3n) is 4.32. The first-order valence-electron chi connectivity index (χ1n) is 9.39. The molecule has 2 N–H and O–H groups in total. The fourth-order valence-electron chi connectivity index (χ4n) is 2.75. The minimum atomic E-state index is 0.0658. The topological polar surface area (TPSA) is 62.3 Å². The molecule has 1 unspecified atom stereocenters.